The first-order chi connectivity index (χ1) is 6.81. The maximum absolute atomic E-state index is 5.76. The summed E-state index contributed by atoms with van der Waals surface area (Å²) in [6.07, 6.45) is 2.77. The summed E-state index contributed by atoms with van der Waals surface area (Å²) in [5.74, 6) is 0.905. The number of thiophene rings is 1. The fourth-order valence-electron chi connectivity index (χ4n) is 1.47. The maximum Gasteiger partial charge on any atom is 0.0550 e. The van der Waals surface area contributed by atoms with Gasteiger partial charge in [-0.15, -0.1) is 11.3 Å². The van der Waals surface area contributed by atoms with Gasteiger partial charge in [-0.05, 0) is 52.7 Å². The van der Waals surface area contributed by atoms with Crippen molar-refractivity contribution in [2.75, 3.05) is 13.1 Å². The summed E-state index contributed by atoms with van der Waals surface area (Å²) < 4.78 is 1.18. The van der Waals surface area contributed by atoms with Gasteiger partial charge in [0, 0.05) is 15.9 Å². The minimum absolute atomic E-state index is 0.324. The number of hydrogen-bond donors (Lipinski definition) is 2. The number of hydrogen-bond acceptors (Lipinski definition) is 3. The summed E-state index contributed by atoms with van der Waals surface area (Å²) in [5, 5.41) is 5.63. The highest BCUT2D eigenvalue weighted by Crippen LogP contribution is 2.31. The van der Waals surface area contributed by atoms with E-state index >= 15 is 0 Å². The van der Waals surface area contributed by atoms with Gasteiger partial charge in [0.15, 0.2) is 0 Å². The van der Waals surface area contributed by atoms with Crippen molar-refractivity contribution in [2.45, 2.75) is 18.9 Å². The van der Waals surface area contributed by atoms with Crippen LogP contribution in [0.15, 0.2) is 15.9 Å². The smallest absolute Gasteiger partial charge is 0.0550 e. The molecule has 1 saturated carbocycles. The average Bonchev–Trinajstić information content (AvgIpc) is 2.92. The van der Waals surface area contributed by atoms with Crippen molar-refractivity contribution in [3.8, 4) is 0 Å². The Balaban J connectivity index is 1.93. The van der Waals surface area contributed by atoms with Gasteiger partial charge in [0.2, 0.25) is 0 Å². The van der Waals surface area contributed by atoms with Crippen molar-refractivity contribution >= 4 is 27.3 Å². The summed E-state index contributed by atoms with van der Waals surface area (Å²) in [7, 11) is 0. The molecule has 1 aliphatic carbocycles. The van der Waals surface area contributed by atoms with E-state index < -0.39 is 0 Å². The second-order valence-corrected chi connectivity index (χ2v) is 5.57. The third-order valence-electron chi connectivity index (χ3n) is 2.55. The molecule has 1 aromatic rings. The molecule has 2 nitrogen and oxygen atoms in total. The van der Waals surface area contributed by atoms with Crippen LogP contribution in [0.5, 0.6) is 0 Å². The molecule has 0 bridgehead atoms. The molecule has 1 atom stereocenters. The van der Waals surface area contributed by atoms with Crippen LogP contribution in [0.25, 0.3) is 0 Å². The zero-order chi connectivity index (χ0) is 9.97. The Kier molecular flexibility index (Phi) is 3.60. The van der Waals surface area contributed by atoms with Crippen molar-refractivity contribution in [1.29, 1.82) is 0 Å². The first-order valence-electron chi connectivity index (χ1n) is 4.97. The van der Waals surface area contributed by atoms with Crippen molar-refractivity contribution < 1.29 is 0 Å². The predicted molar refractivity (Wildman–Crippen MR) is 64.5 cm³/mol. The van der Waals surface area contributed by atoms with E-state index in [2.05, 4.69) is 32.7 Å². The molecule has 1 unspecified atom stereocenters. The minimum Gasteiger partial charge on any atom is -0.329 e. The fraction of sp³-hybridized carbons (Fsp3) is 0.600. The lowest BCUT2D eigenvalue weighted by Crippen LogP contribution is -2.29. The quantitative estimate of drug-likeness (QED) is 0.866. The van der Waals surface area contributed by atoms with E-state index in [1.165, 1.54) is 22.2 Å². The molecular formula is C10H15BrN2S. The van der Waals surface area contributed by atoms with Gasteiger partial charge in [0.1, 0.15) is 0 Å². The topological polar surface area (TPSA) is 38.0 Å². The molecule has 0 spiro atoms. The summed E-state index contributed by atoms with van der Waals surface area (Å²) in [6.45, 7) is 1.79. The van der Waals surface area contributed by atoms with E-state index in [1.807, 2.05) is 0 Å². The molecule has 4 heteroatoms. The van der Waals surface area contributed by atoms with Crippen LogP contribution in [0.2, 0.25) is 0 Å². The standard InChI is InChI=1S/C10H15BrN2S/c11-8-3-4-14-10(8)9(5-12)13-6-7-1-2-7/h3-4,7,9,13H,1-2,5-6,12H2. The number of rotatable bonds is 5. The fourth-order valence-corrected chi connectivity index (χ4v) is 3.21. The van der Waals surface area contributed by atoms with E-state index in [1.54, 1.807) is 11.3 Å². The third-order valence-corrected chi connectivity index (χ3v) is 4.53. The molecule has 1 aromatic heterocycles. The van der Waals surface area contributed by atoms with Gasteiger partial charge in [0.25, 0.3) is 0 Å². The van der Waals surface area contributed by atoms with Crippen LogP contribution in [0.1, 0.15) is 23.8 Å². The van der Waals surface area contributed by atoms with Crippen LogP contribution in [-0.2, 0) is 0 Å². The summed E-state index contributed by atoms with van der Waals surface area (Å²) in [6, 6.07) is 2.41. The van der Waals surface area contributed by atoms with Crippen LogP contribution < -0.4 is 11.1 Å². The number of nitrogens with one attached hydrogen (secondary N) is 1. The molecule has 0 radical (unpaired) electrons. The van der Waals surface area contributed by atoms with Crippen LogP contribution >= 0.6 is 27.3 Å². The predicted octanol–water partition coefficient (Wildman–Crippen LogP) is 2.51. The van der Waals surface area contributed by atoms with Gasteiger partial charge in [-0.3, -0.25) is 0 Å². The molecular weight excluding hydrogens is 260 g/mol. The van der Waals surface area contributed by atoms with Crippen LogP contribution in [0.4, 0.5) is 0 Å². The summed E-state index contributed by atoms with van der Waals surface area (Å²) in [5.41, 5.74) is 5.76. The molecule has 3 N–H and O–H groups in total. The lowest BCUT2D eigenvalue weighted by atomic mass is 10.2. The Hall–Kier alpha value is 0.100. The zero-order valence-electron chi connectivity index (χ0n) is 8.00. The van der Waals surface area contributed by atoms with Crippen molar-refractivity contribution in [2.24, 2.45) is 11.7 Å². The number of halogens is 1. The molecule has 0 saturated heterocycles. The van der Waals surface area contributed by atoms with E-state index in [-0.39, 0.29) is 0 Å². The second-order valence-electron chi connectivity index (χ2n) is 3.77. The maximum atomic E-state index is 5.76. The molecule has 1 heterocycles. The van der Waals surface area contributed by atoms with Crippen LogP contribution in [0, 0.1) is 5.92 Å². The second kappa shape index (κ2) is 4.75. The highest BCUT2D eigenvalue weighted by atomic mass is 79.9. The third kappa shape index (κ3) is 2.57. The monoisotopic (exact) mass is 274 g/mol. The summed E-state index contributed by atoms with van der Waals surface area (Å²) in [4.78, 5) is 1.33. The van der Waals surface area contributed by atoms with Gasteiger partial charge in [-0.2, -0.15) is 0 Å². The Morgan fingerprint density at radius 2 is 2.43 bits per heavy atom. The normalized spacial score (nSPS) is 18.4. The number of nitrogens with two attached hydrogens (primary N) is 1. The molecule has 0 amide bonds. The first kappa shape index (κ1) is 10.6. The molecule has 2 rings (SSSR count). The van der Waals surface area contributed by atoms with E-state index in [0.717, 1.165) is 12.5 Å². The van der Waals surface area contributed by atoms with Crippen molar-refractivity contribution in [1.82, 2.24) is 5.32 Å². The largest absolute Gasteiger partial charge is 0.329 e. The molecule has 14 heavy (non-hydrogen) atoms. The first-order valence-corrected chi connectivity index (χ1v) is 6.65. The van der Waals surface area contributed by atoms with Gasteiger partial charge in [-0.1, -0.05) is 0 Å². The van der Waals surface area contributed by atoms with Gasteiger partial charge < -0.3 is 11.1 Å². The van der Waals surface area contributed by atoms with Crippen LogP contribution in [-0.4, -0.2) is 13.1 Å². The SMILES string of the molecule is NCC(NCC1CC1)c1sccc1Br. The van der Waals surface area contributed by atoms with Crippen molar-refractivity contribution in [3.63, 3.8) is 0 Å². The Labute approximate surface area is 97.0 Å². The minimum atomic E-state index is 0.324. The van der Waals surface area contributed by atoms with E-state index in [4.69, 9.17) is 5.73 Å². The highest BCUT2D eigenvalue weighted by molar-refractivity contribution is 9.10. The molecule has 78 valence electrons. The highest BCUT2D eigenvalue weighted by Gasteiger charge is 2.23. The Morgan fingerprint density at radius 1 is 1.64 bits per heavy atom. The summed E-state index contributed by atoms with van der Waals surface area (Å²) >= 11 is 5.31. The zero-order valence-corrected chi connectivity index (χ0v) is 10.4. The van der Waals surface area contributed by atoms with E-state index in [9.17, 15) is 0 Å². The molecule has 1 fully saturated rings. The van der Waals surface area contributed by atoms with Crippen LogP contribution in [0.3, 0.4) is 0 Å². The molecule has 1 aliphatic rings. The lowest BCUT2D eigenvalue weighted by Gasteiger charge is -2.15. The van der Waals surface area contributed by atoms with E-state index in [0.29, 0.717) is 12.6 Å². The van der Waals surface area contributed by atoms with Gasteiger partial charge >= 0.3 is 0 Å². The lowest BCUT2D eigenvalue weighted by molar-refractivity contribution is 0.527. The molecule has 0 aliphatic heterocycles. The Bertz CT molecular complexity index is 296. The van der Waals surface area contributed by atoms with Crippen molar-refractivity contribution in [3.05, 3.63) is 20.8 Å². The Morgan fingerprint density at radius 3 is 2.93 bits per heavy atom. The van der Waals surface area contributed by atoms with Gasteiger partial charge in [0.05, 0.1) is 6.04 Å². The average molecular weight is 275 g/mol. The van der Waals surface area contributed by atoms with Gasteiger partial charge in [-0.25, -0.2) is 0 Å². The molecule has 0 aromatic carbocycles.